The van der Waals surface area contributed by atoms with Crippen LogP contribution in [0.1, 0.15) is 37.2 Å². The van der Waals surface area contributed by atoms with E-state index >= 15 is 0 Å². The molecule has 0 aliphatic heterocycles. The molecule has 0 aliphatic rings. The summed E-state index contributed by atoms with van der Waals surface area (Å²) >= 11 is 0. The minimum absolute atomic E-state index is 0.00306. The van der Waals surface area contributed by atoms with Gasteiger partial charge < -0.3 is 10.5 Å². The Balaban J connectivity index is 3.19. The standard InChI is InChI=1S/C12H19N3O/c1-5-8(3)16-10-6-7(2)15-9(4)11(10)12(13)14/h6,8H,5H2,1-4H3,(H3,13,14). The third kappa shape index (κ3) is 2.72. The van der Waals surface area contributed by atoms with E-state index in [-0.39, 0.29) is 11.9 Å². The largest absolute Gasteiger partial charge is 0.490 e. The van der Waals surface area contributed by atoms with Crippen LogP contribution in [0.3, 0.4) is 0 Å². The number of aromatic nitrogens is 1. The Morgan fingerprint density at radius 2 is 2.19 bits per heavy atom. The van der Waals surface area contributed by atoms with Crippen LogP contribution >= 0.6 is 0 Å². The monoisotopic (exact) mass is 221 g/mol. The molecule has 4 heteroatoms. The Morgan fingerprint density at radius 3 is 2.69 bits per heavy atom. The van der Waals surface area contributed by atoms with Crippen molar-refractivity contribution in [1.29, 1.82) is 5.41 Å². The van der Waals surface area contributed by atoms with Gasteiger partial charge in [0.25, 0.3) is 0 Å². The third-order valence-electron chi connectivity index (χ3n) is 2.46. The molecule has 1 aromatic rings. The van der Waals surface area contributed by atoms with Crippen LogP contribution in [0.15, 0.2) is 6.07 Å². The van der Waals surface area contributed by atoms with Gasteiger partial charge in [0.15, 0.2) is 0 Å². The van der Waals surface area contributed by atoms with Crippen molar-refractivity contribution >= 4 is 5.84 Å². The summed E-state index contributed by atoms with van der Waals surface area (Å²) in [6.07, 6.45) is 1.02. The Morgan fingerprint density at radius 1 is 1.56 bits per heavy atom. The van der Waals surface area contributed by atoms with Crippen molar-refractivity contribution in [3.05, 3.63) is 23.0 Å². The molecule has 4 nitrogen and oxygen atoms in total. The average molecular weight is 221 g/mol. The topological polar surface area (TPSA) is 72.0 Å². The van der Waals surface area contributed by atoms with E-state index in [1.54, 1.807) is 0 Å². The lowest BCUT2D eigenvalue weighted by atomic mass is 10.1. The highest BCUT2D eigenvalue weighted by Crippen LogP contribution is 2.23. The zero-order valence-electron chi connectivity index (χ0n) is 10.3. The molecular formula is C12H19N3O. The fourth-order valence-corrected chi connectivity index (χ4v) is 1.51. The van der Waals surface area contributed by atoms with Gasteiger partial charge in [-0.15, -0.1) is 0 Å². The predicted octanol–water partition coefficient (Wildman–Crippen LogP) is 2.16. The minimum Gasteiger partial charge on any atom is -0.490 e. The number of amidine groups is 1. The summed E-state index contributed by atoms with van der Waals surface area (Å²) in [5, 5.41) is 7.55. The maximum absolute atomic E-state index is 7.55. The van der Waals surface area contributed by atoms with Crippen molar-refractivity contribution in [2.24, 2.45) is 5.73 Å². The molecule has 0 radical (unpaired) electrons. The molecule has 0 fully saturated rings. The van der Waals surface area contributed by atoms with Crippen LogP contribution in [0.5, 0.6) is 5.75 Å². The highest BCUT2D eigenvalue weighted by molar-refractivity contribution is 5.98. The van der Waals surface area contributed by atoms with E-state index < -0.39 is 0 Å². The number of pyridine rings is 1. The summed E-state index contributed by atoms with van der Waals surface area (Å²) < 4.78 is 5.76. The first-order chi connectivity index (χ1) is 7.45. The number of nitrogen functional groups attached to an aromatic ring is 1. The van der Waals surface area contributed by atoms with E-state index in [9.17, 15) is 0 Å². The molecule has 0 saturated carbocycles. The number of nitrogens with zero attached hydrogens (tertiary/aromatic N) is 1. The molecule has 0 amide bonds. The number of nitrogens with two attached hydrogens (primary N) is 1. The lowest BCUT2D eigenvalue weighted by Gasteiger charge is -2.17. The van der Waals surface area contributed by atoms with Gasteiger partial charge in [-0.1, -0.05) is 6.92 Å². The van der Waals surface area contributed by atoms with Crippen molar-refractivity contribution in [3.8, 4) is 5.75 Å². The maximum atomic E-state index is 7.55. The number of nitrogens with one attached hydrogen (secondary N) is 1. The highest BCUT2D eigenvalue weighted by atomic mass is 16.5. The summed E-state index contributed by atoms with van der Waals surface area (Å²) in [5.41, 5.74) is 7.77. The van der Waals surface area contributed by atoms with Crippen LogP contribution in [-0.2, 0) is 0 Å². The van der Waals surface area contributed by atoms with Gasteiger partial charge >= 0.3 is 0 Å². The minimum atomic E-state index is 0.00306. The van der Waals surface area contributed by atoms with Gasteiger partial charge in [0.1, 0.15) is 11.6 Å². The summed E-state index contributed by atoms with van der Waals surface area (Å²) in [4.78, 5) is 4.29. The summed E-state index contributed by atoms with van der Waals surface area (Å²) in [7, 11) is 0. The molecule has 0 spiro atoms. The van der Waals surface area contributed by atoms with Gasteiger partial charge in [-0.3, -0.25) is 10.4 Å². The molecule has 1 heterocycles. The average Bonchev–Trinajstić information content (AvgIpc) is 2.15. The lowest BCUT2D eigenvalue weighted by Crippen LogP contribution is -2.19. The van der Waals surface area contributed by atoms with Gasteiger partial charge in [-0.25, -0.2) is 0 Å². The number of aryl methyl sites for hydroxylation is 2. The molecule has 88 valence electrons. The molecular weight excluding hydrogens is 202 g/mol. The number of hydrogen-bond donors (Lipinski definition) is 2. The summed E-state index contributed by atoms with van der Waals surface area (Å²) in [6, 6.07) is 1.83. The van der Waals surface area contributed by atoms with Gasteiger partial charge in [-0.2, -0.15) is 0 Å². The van der Waals surface area contributed by atoms with Crippen LogP contribution in [0, 0.1) is 19.3 Å². The molecule has 0 aromatic carbocycles. The molecule has 1 aromatic heterocycles. The fraction of sp³-hybridized carbons (Fsp3) is 0.500. The van der Waals surface area contributed by atoms with Crippen LogP contribution < -0.4 is 10.5 Å². The Labute approximate surface area is 96.3 Å². The molecule has 0 saturated heterocycles. The first kappa shape index (κ1) is 12.5. The second kappa shape index (κ2) is 4.96. The zero-order valence-corrected chi connectivity index (χ0v) is 10.3. The van der Waals surface area contributed by atoms with Crippen LogP contribution in [-0.4, -0.2) is 16.9 Å². The van der Waals surface area contributed by atoms with E-state index in [4.69, 9.17) is 15.9 Å². The van der Waals surface area contributed by atoms with Crippen LogP contribution in [0.25, 0.3) is 0 Å². The van der Waals surface area contributed by atoms with Crippen molar-refractivity contribution in [1.82, 2.24) is 4.98 Å². The molecule has 16 heavy (non-hydrogen) atoms. The molecule has 3 N–H and O–H groups in total. The van der Waals surface area contributed by atoms with Crippen molar-refractivity contribution in [2.45, 2.75) is 40.2 Å². The third-order valence-corrected chi connectivity index (χ3v) is 2.46. The van der Waals surface area contributed by atoms with Crippen LogP contribution in [0.2, 0.25) is 0 Å². The van der Waals surface area contributed by atoms with Gasteiger partial charge in [0.05, 0.1) is 17.4 Å². The van der Waals surface area contributed by atoms with E-state index in [2.05, 4.69) is 11.9 Å². The van der Waals surface area contributed by atoms with E-state index in [0.717, 1.165) is 17.8 Å². The first-order valence-electron chi connectivity index (χ1n) is 5.45. The second-order valence-electron chi connectivity index (χ2n) is 3.97. The normalized spacial score (nSPS) is 12.2. The molecule has 0 bridgehead atoms. The first-order valence-corrected chi connectivity index (χ1v) is 5.45. The van der Waals surface area contributed by atoms with E-state index in [1.807, 2.05) is 26.8 Å². The molecule has 0 aliphatic carbocycles. The Hall–Kier alpha value is -1.58. The Kier molecular flexibility index (Phi) is 3.88. The van der Waals surface area contributed by atoms with Crippen molar-refractivity contribution < 1.29 is 4.74 Å². The molecule has 1 rings (SSSR count). The summed E-state index contributed by atoms with van der Waals surface area (Å²) in [5.74, 6) is 0.662. The van der Waals surface area contributed by atoms with Gasteiger partial charge in [0, 0.05) is 11.8 Å². The Bertz CT molecular complexity index is 401. The van der Waals surface area contributed by atoms with Crippen LogP contribution in [0.4, 0.5) is 0 Å². The molecule has 1 unspecified atom stereocenters. The quantitative estimate of drug-likeness (QED) is 0.604. The van der Waals surface area contributed by atoms with Crippen molar-refractivity contribution in [2.75, 3.05) is 0 Å². The van der Waals surface area contributed by atoms with E-state index in [0.29, 0.717) is 11.3 Å². The molecule has 1 atom stereocenters. The van der Waals surface area contributed by atoms with Gasteiger partial charge in [-0.05, 0) is 27.2 Å². The summed E-state index contributed by atoms with van der Waals surface area (Å²) in [6.45, 7) is 7.79. The van der Waals surface area contributed by atoms with Gasteiger partial charge in [0.2, 0.25) is 0 Å². The number of hydrogen-bond acceptors (Lipinski definition) is 3. The predicted molar refractivity (Wildman–Crippen MR) is 65.1 cm³/mol. The maximum Gasteiger partial charge on any atom is 0.134 e. The van der Waals surface area contributed by atoms with Crippen molar-refractivity contribution in [3.63, 3.8) is 0 Å². The SMILES string of the molecule is CCC(C)Oc1cc(C)nc(C)c1C(=N)N. The number of ether oxygens (including phenoxy) is 1. The van der Waals surface area contributed by atoms with E-state index in [1.165, 1.54) is 0 Å². The lowest BCUT2D eigenvalue weighted by molar-refractivity contribution is 0.216. The zero-order chi connectivity index (χ0) is 12.3. The second-order valence-corrected chi connectivity index (χ2v) is 3.97. The fourth-order valence-electron chi connectivity index (χ4n) is 1.51. The highest BCUT2D eigenvalue weighted by Gasteiger charge is 2.14. The number of rotatable bonds is 4. The smallest absolute Gasteiger partial charge is 0.134 e.